The number of nitrogens with one attached hydrogen (secondary N) is 1. The molecule has 2 aromatic carbocycles. The van der Waals surface area contributed by atoms with Crippen LogP contribution in [0.25, 0.3) is 21.3 Å². The Morgan fingerprint density at radius 2 is 1.92 bits per heavy atom. The molecule has 26 heavy (non-hydrogen) atoms. The molecule has 4 rings (SSSR count). The standard InChI is InChI=1S/C21H15ClN2OS/c1-13-17(12-14-11-15(22)8-9-18(14)23-13)21(25)24-19-6-3-2-5-16(19)20-7-4-10-26-20/h2-12H,1H3,(H,24,25). The van der Waals surface area contributed by atoms with Crippen LogP contribution in [0.1, 0.15) is 16.1 Å². The first-order valence-electron chi connectivity index (χ1n) is 8.13. The molecule has 4 aromatic rings. The lowest BCUT2D eigenvalue weighted by atomic mass is 10.1. The molecule has 0 aliphatic carbocycles. The van der Waals surface area contributed by atoms with Crippen LogP contribution in [-0.2, 0) is 0 Å². The van der Waals surface area contributed by atoms with Crippen LogP contribution < -0.4 is 5.32 Å². The number of pyridine rings is 1. The van der Waals surface area contributed by atoms with Crippen molar-refractivity contribution in [2.24, 2.45) is 0 Å². The first-order chi connectivity index (χ1) is 12.6. The zero-order valence-corrected chi connectivity index (χ0v) is 15.6. The number of carbonyl (C=O) groups excluding carboxylic acids is 1. The van der Waals surface area contributed by atoms with Gasteiger partial charge in [0.2, 0.25) is 0 Å². The Hall–Kier alpha value is -2.69. The molecule has 0 saturated carbocycles. The zero-order valence-electron chi connectivity index (χ0n) is 14.0. The van der Waals surface area contributed by atoms with E-state index in [4.69, 9.17) is 11.6 Å². The van der Waals surface area contributed by atoms with Crippen LogP contribution in [0.4, 0.5) is 5.69 Å². The van der Waals surface area contributed by atoms with Gasteiger partial charge in [-0.05, 0) is 48.7 Å². The van der Waals surface area contributed by atoms with Crippen molar-refractivity contribution in [3.8, 4) is 10.4 Å². The average Bonchev–Trinajstić information content (AvgIpc) is 3.16. The first-order valence-corrected chi connectivity index (χ1v) is 9.39. The number of halogens is 1. The summed E-state index contributed by atoms with van der Waals surface area (Å²) < 4.78 is 0. The number of anilines is 1. The number of amides is 1. The smallest absolute Gasteiger partial charge is 0.257 e. The topological polar surface area (TPSA) is 42.0 Å². The number of para-hydroxylation sites is 1. The number of fused-ring (bicyclic) bond motifs is 1. The third-order valence-corrected chi connectivity index (χ3v) is 5.31. The summed E-state index contributed by atoms with van der Waals surface area (Å²) in [4.78, 5) is 18.6. The molecular formula is C21H15ClN2OS. The summed E-state index contributed by atoms with van der Waals surface area (Å²) in [6, 6.07) is 19.2. The fourth-order valence-corrected chi connectivity index (χ4v) is 3.85. The Balaban J connectivity index is 1.72. The molecule has 3 nitrogen and oxygen atoms in total. The Labute approximate surface area is 160 Å². The van der Waals surface area contributed by atoms with E-state index < -0.39 is 0 Å². The summed E-state index contributed by atoms with van der Waals surface area (Å²) in [6.07, 6.45) is 0. The van der Waals surface area contributed by atoms with Gasteiger partial charge in [-0.2, -0.15) is 0 Å². The molecule has 0 spiro atoms. The number of thiophene rings is 1. The summed E-state index contributed by atoms with van der Waals surface area (Å²) in [5, 5.41) is 6.52. The highest BCUT2D eigenvalue weighted by Crippen LogP contribution is 2.32. The highest BCUT2D eigenvalue weighted by Gasteiger charge is 2.14. The lowest BCUT2D eigenvalue weighted by molar-refractivity contribution is 0.102. The van der Waals surface area contributed by atoms with E-state index >= 15 is 0 Å². The molecule has 0 saturated heterocycles. The molecule has 1 N–H and O–H groups in total. The van der Waals surface area contributed by atoms with Crippen molar-refractivity contribution in [3.05, 3.63) is 82.3 Å². The summed E-state index contributed by atoms with van der Waals surface area (Å²) in [5.74, 6) is -0.180. The van der Waals surface area contributed by atoms with Crippen molar-refractivity contribution in [3.63, 3.8) is 0 Å². The number of benzene rings is 2. The van der Waals surface area contributed by atoms with Gasteiger partial charge >= 0.3 is 0 Å². The number of aromatic nitrogens is 1. The van der Waals surface area contributed by atoms with E-state index in [1.54, 1.807) is 17.4 Å². The highest BCUT2D eigenvalue weighted by atomic mass is 35.5. The van der Waals surface area contributed by atoms with E-state index in [-0.39, 0.29) is 5.91 Å². The molecule has 0 radical (unpaired) electrons. The number of hydrogen-bond donors (Lipinski definition) is 1. The van der Waals surface area contributed by atoms with E-state index in [1.807, 2.05) is 66.9 Å². The minimum atomic E-state index is -0.180. The summed E-state index contributed by atoms with van der Waals surface area (Å²) in [7, 11) is 0. The average molecular weight is 379 g/mol. The predicted octanol–water partition coefficient (Wildman–Crippen LogP) is 6.18. The van der Waals surface area contributed by atoms with Crippen LogP contribution in [0, 0.1) is 6.92 Å². The van der Waals surface area contributed by atoms with Gasteiger partial charge in [-0.3, -0.25) is 9.78 Å². The number of aryl methyl sites for hydroxylation is 1. The summed E-state index contributed by atoms with van der Waals surface area (Å²) in [5.41, 5.74) is 3.84. The third kappa shape index (κ3) is 3.21. The normalized spacial score (nSPS) is 10.8. The molecule has 1 amide bonds. The third-order valence-electron chi connectivity index (χ3n) is 4.17. The Morgan fingerprint density at radius 1 is 1.08 bits per heavy atom. The van der Waals surface area contributed by atoms with Gasteiger partial charge in [-0.1, -0.05) is 35.9 Å². The van der Waals surface area contributed by atoms with Crippen molar-refractivity contribution in [1.82, 2.24) is 4.98 Å². The van der Waals surface area contributed by atoms with E-state index in [9.17, 15) is 4.79 Å². The van der Waals surface area contributed by atoms with Crippen LogP contribution in [0.2, 0.25) is 5.02 Å². The fraction of sp³-hybridized carbons (Fsp3) is 0.0476. The molecule has 0 aliphatic rings. The van der Waals surface area contributed by atoms with E-state index in [0.717, 1.165) is 27.0 Å². The lowest BCUT2D eigenvalue weighted by Crippen LogP contribution is -2.14. The van der Waals surface area contributed by atoms with E-state index in [2.05, 4.69) is 10.3 Å². The van der Waals surface area contributed by atoms with Crippen molar-refractivity contribution < 1.29 is 4.79 Å². The second-order valence-corrected chi connectivity index (χ2v) is 7.32. The minimum Gasteiger partial charge on any atom is -0.321 e. The molecule has 2 aromatic heterocycles. The molecule has 128 valence electrons. The molecule has 0 aliphatic heterocycles. The molecular weight excluding hydrogens is 364 g/mol. The Kier molecular flexibility index (Phi) is 4.45. The number of hydrogen-bond acceptors (Lipinski definition) is 3. The lowest BCUT2D eigenvalue weighted by Gasteiger charge is -2.12. The predicted molar refractivity (Wildman–Crippen MR) is 109 cm³/mol. The largest absolute Gasteiger partial charge is 0.321 e. The molecule has 0 unspecified atom stereocenters. The van der Waals surface area contributed by atoms with Crippen molar-refractivity contribution >= 4 is 45.4 Å². The maximum Gasteiger partial charge on any atom is 0.257 e. The fourth-order valence-electron chi connectivity index (χ4n) is 2.90. The van der Waals surface area contributed by atoms with Gasteiger partial charge in [0.1, 0.15) is 0 Å². The molecule has 2 heterocycles. The van der Waals surface area contributed by atoms with Gasteiger partial charge in [0, 0.05) is 26.5 Å². The maximum absolute atomic E-state index is 12.9. The van der Waals surface area contributed by atoms with Gasteiger partial charge in [-0.15, -0.1) is 11.3 Å². The quantitative estimate of drug-likeness (QED) is 0.462. The van der Waals surface area contributed by atoms with Crippen molar-refractivity contribution in [2.45, 2.75) is 6.92 Å². The summed E-state index contributed by atoms with van der Waals surface area (Å²) in [6.45, 7) is 1.84. The van der Waals surface area contributed by atoms with Gasteiger partial charge in [0.05, 0.1) is 16.8 Å². The van der Waals surface area contributed by atoms with Crippen LogP contribution in [0.15, 0.2) is 66.0 Å². The number of carbonyl (C=O) groups is 1. The maximum atomic E-state index is 12.9. The molecule has 0 fully saturated rings. The Bertz CT molecular complexity index is 1110. The molecule has 0 bridgehead atoms. The number of rotatable bonds is 3. The Morgan fingerprint density at radius 3 is 2.73 bits per heavy atom. The molecule has 0 atom stereocenters. The van der Waals surface area contributed by atoms with Crippen LogP contribution in [-0.4, -0.2) is 10.9 Å². The highest BCUT2D eigenvalue weighted by molar-refractivity contribution is 7.13. The minimum absolute atomic E-state index is 0.180. The first kappa shape index (κ1) is 16.8. The van der Waals surface area contributed by atoms with Gasteiger partial charge in [0.15, 0.2) is 0 Å². The van der Waals surface area contributed by atoms with Crippen LogP contribution in [0.3, 0.4) is 0 Å². The van der Waals surface area contributed by atoms with Gasteiger partial charge in [-0.25, -0.2) is 0 Å². The zero-order chi connectivity index (χ0) is 18.1. The van der Waals surface area contributed by atoms with Crippen LogP contribution >= 0.6 is 22.9 Å². The SMILES string of the molecule is Cc1nc2ccc(Cl)cc2cc1C(=O)Nc1ccccc1-c1cccs1. The van der Waals surface area contributed by atoms with Gasteiger partial charge < -0.3 is 5.32 Å². The van der Waals surface area contributed by atoms with E-state index in [0.29, 0.717) is 16.3 Å². The van der Waals surface area contributed by atoms with Gasteiger partial charge in [0.25, 0.3) is 5.91 Å². The second-order valence-electron chi connectivity index (χ2n) is 5.94. The van der Waals surface area contributed by atoms with Crippen molar-refractivity contribution in [1.29, 1.82) is 0 Å². The second kappa shape index (κ2) is 6.90. The molecule has 5 heteroatoms. The van der Waals surface area contributed by atoms with Crippen LogP contribution in [0.5, 0.6) is 0 Å². The van der Waals surface area contributed by atoms with Crippen molar-refractivity contribution in [2.75, 3.05) is 5.32 Å². The van der Waals surface area contributed by atoms with E-state index in [1.165, 1.54) is 0 Å². The monoisotopic (exact) mass is 378 g/mol. The summed E-state index contributed by atoms with van der Waals surface area (Å²) >= 11 is 7.71. The number of nitrogens with zero attached hydrogens (tertiary/aromatic N) is 1.